The Balaban J connectivity index is 1.79. The molecule has 3 aromatic rings. The molecule has 2 heterocycles. The van der Waals surface area contributed by atoms with Crippen LogP contribution < -0.4 is 15.1 Å². The van der Waals surface area contributed by atoms with Crippen LogP contribution in [0.15, 0.2) is 39.5 Å². The summed E-state index contributed by atoms with van der Waals surface area (Å²) in [5, 5.41) is 0.910. The number of nitrogens with zero attached hydrogens (tertiary/aromatic N) is 1. The highest BCUT2D eigenvalue weighted by Gasteiger charge is 2.31. The van der Waals surface area contributed by atoms with Gasteiger partial charge >= 0.3 is 11.6 Å². The fraction of sp³-hybridized carbons (Fsp3) is 0.385. The lowest BCUT2D eigenvalue weighted by atomic mass is 9.89. The molecular weight excluding hydrogens is 422 g/mol. The summed E-state index contributed by atoms with van der Waals surface area (Å²) in [5.41, 5.74) is 5.26. The zero-order valence-corrected chi connectivity index (χ0v) is 19.7. The summed E-state index contributed by atoms with van der Waals surface area (Å²) in [6.07, 6.45) is 0.974. The maximum absolute atomic E-state index is 12.4. The van der Waals surface area contributed by atoms with Crippen molar-refractivity contribution < 1.29 is 23.4 Å². The van der Waals surface area contributed by atoms with Gasteiger partial charge in [-0.25, -0.2) is 4.79 Å². The van der Waals surface area contributed by atoms with Gasteiger partial charge in [0.25, 0.3) is 0 Å². The van der Waals surface area contributed by atoms with E-state index >= 15 is 0 Å². The van der Waals surface area contributed by atoms with E-state index in [-0.39, 0.29) is 24.1 Å². The van der Waals surface area contributed by atoms with Crippen molar-refractivity contribution in [3.8, 4) is 11.5 Å². The number of carbonyl (C=O) groups excluding carboxylic acids is 1. The summed E-state index contributed by atoms with van der Waals surface area (Å²) in [6, 6.07) is 9.28. The van der Waals surface area contributed by atoms with Gasteiger partial charge in [-0.2, -0.15) is 0 Å². The Labute approximate surface area is 192 Å². The summed E-state index contributed by atoms with van der Waals surface area (Å²) < 4.78 is 21.5. The van der Waals surface area contributed by atoms with Crippen LogP contribution in [0, 0.1) is 13.8 Å². The number of esters is 1. The van der Waals surface area contributed by atoms with Crippen LogP contribution in [0.25, 0.3) is 11.0 Å². The van der Waals surface area contributed by atoms with Gasteiger partial charge in [0.15, 0.2) is 11.5 Å². The van der Waals surface area contributed by atoms with Gasteiger partial charge in [0.1, 0.15) is 5.58 Å². The summed E-state index contributed by atoms with van der Waals surface area (Å²) in [4.78, 5) is 26.9. The minimum Gasteiger partial charge on any atom is -0.493 e. The molecule has 0 saturated heterocycles. The van der Waals surface area contributed by atoms with Crippen LogP contribution in [0.1, 0.15) is 40.3 Å². The molecule has 1 aliphatic rings. The number of fused-ring (bicyclic) bond motifs is 2. The smallest absolute Gasteiger partial charge is 0.336 e. The third-order valence-electron chi connectivity index (χ3n) is 6.59. The van der Waals surface area contributed by atoms with Gasteiger partial charge < -0.3 is 18.6 Å². The van der Waals surface area contributed by atoms with Gasteiger partial charge in [-0.3, -0.25) is 9.69 Å². The van der Waals surface area contributed by atoms with E-state index in [4.69, 9.17) is 18.6 Å². The number of ether oxygens (including phenoxy) is 3. The van der Waals surface area contributed by atoms with E-state index in [0.29, 0.717) is 23.6 Å². The maximum atomic E-state index is 12.4. The van der Waals surface area contributed by atoms with Crippen LogP contribution in [0.2, 0.25) is 0 Å². The monoisotopic (exact) mass is 451 g/mol. The molecule has 0 fully saturated rings. The van der Waals surface area contributed by atoms with Gasteiger partial charge in [-0.1, -0.05) is 12.1 Å². The normalized spacial score (nSPS) is 15.8. The Morgan fingerprint density at radius 3 is 2.52 bits per heavy atom. The van der Waals surface area contributed by atoms with E-state index in [0.717, 1.165) is 46.2 Å². The van der Waals surface area contributed by atoms with Crippen LogP contribution in [-0.2, 0) is 22.5 Å². The number of rotatable bonds is 6. The average Bonchev–Trinajstić information content (AvgIpc) is 2.82. The number of aryl methyl sites for hydroxylation is 2. The fourth-order valence-corrected chi connectivity index (χ4v) is 4.62. The van der Waals surface area contributed by atoms with Gasteiger partial charge in [0.2, 0.25) is 0 Å². The molecule has 1 aliphatic heterocycles. The minimum absolute atomic E-state index is 0.191. The minimum atomic E-state index is -0.375. The molecule has 2 aromatic carbocycles. The first-order valence-electron chi connectivity index (χ1n) is 10.9. The lowest BCUT2D eigenvalue weighted by Crippen LogP contribution is -2.36. The van der Waals surface area contributed by atoms with E-state index in [1.54, 1.807) is 20.3 Å². The molecule has 0 saturated carbocycles. The quantitative estimate of drug-likeness (QED) is 0.413. The second kappa shape index (κ2) is 9.27. The highest BCUT2D eigenvalue weighted by atomic mass is 16.5. The molecule has 1 atom stereocenters. The lowest BCUT2D eigenvalue weighted by molar-refractivity contribution is -0.142. The first kappa shape index (κ1) is 22.9. The topological polar surface area (TPSA) is 78.2 Å². The second-order valence-corrected chi connectivity index (χ2v) is 8.40. The van der Waals surface area contributed by atoms with Crippen LogP contribution >= 0.6 is 0 Å². The van der Waals surface area contributed by atoms with E-state index in [9.17, 15) is 9.59 Å². The third kappa shape index (κ3) is 4.33. The molecule has 174 valence electrons. The van der Waals surface area contributed by atoms with Crippen molar-refractivity contribution in [1.29, 1.82) is 0 Å². The summed E-state index contributed by atoms with van der Waals surface area (Å²) in [7, 11) is 4.60. The largest absolute Gasteiger partial charge is 0.493 e. The van der Waals surface area contributed by atoms with Crippen molar-refractivity contribution >= 4 is 16.9 Å². The van der Waals surface area contributed by atoms with E-state index < -0.39 is 0 Å². The molecule has 7 nitrogen and oxygen atoms in total. The second-order valence-electron chi connectivity index (χ2n) is 8.40. The van der Waals surface area contributed by atoms with Crippen LogP contribution in [0.3, 0.4) is 0 Å². The first-order valence-corrected chi connectivity index (χ1v) is 10.9. The zero-order valence-electron chi connectivity index (χ0n) is 19.7. The van der Waals surface area contributed by atoms with E-state index in [2.05, 4.69) is 4.90 Å². The molecule has 0 aliphatic carbocycles. The van der Waals surface area contributed by atoms with E-state index in [1.165, 1.54) is 7.11 Å². The number of methoxy groups -OCH3 is 3. The fourth-order valence-electron chi connectivity index (χ4n) is 4.62. The third-order valence-corrected chi connectivity index (χ3v) is 6.59. The predicted molar refractivity (Wildman–Crippen MR) is 125 cm³/mol. The molecule has 0 amide bonds. The Morgan fingerprint density at radius 1 is 1.09 bits per heavy atom. The summed E-state index contributed by atoms with van der Waals surface area (Å²) in [6.45, 7) is 5.18. The van der Waals surface area contributed by atoms with Crippen molar-refractivity contribution in [2.45, 2.75) is 39.3 Å². The Kier molecular flexibility index (Phi) is 6.42. The summed E-state index contributed by atoms with van der Waals surface area (Å²) in [5.74, 6) is 0.987. The number of hydrogen-bond acceptors (Lipinski definition) is 7. The molecule has 0 N–H and O–H groups in total. The lowest BCUT2D eigenvalue weighted by Gasteiger charge is -2.37. The molecule has 0 spiro atoms. The van der Waals surface area contributed by atoms with E-state index in [1.807, 2.05) is 38.1 Å². The first-order chi connectivity index (χ1) is 15.9. The maximum Gasteiger partial charge on any atom is 0.336 e. The Hall–Kier alpha value is -3.32. The SMILES string of the molecule is COC(=O)C[C@@H]1c2cc(OC)c(OC)cc2CCN1Cc1cc(=O)oc2c(C)c(C)ccc12. The molecule has 0 unspecified atom stereocenters. The van der Waals surface area contributed by atoms with Crippen LogP contribution in [0.4, 0.5) is 0 Å². The molecule has 4 rings (SSSR count). The van der Waals surface area contributed by atoms with Crippen molar-refractivity contribution in [2.75, 3.05) is 27.9 Å². The van der Waals surface area contributed by atoms with Crippen LogP contribution in [0.5, 0.6) is 11.5 Å². The van der Waals surface area contributed by atoms with Gasteiger partial charge in [-0.05, 0) is 60.2 Å². The molecule has 0 radical (unpaired) electrons. The Bertz CT molecular complexity index is 1260. The molecule has 1 aromatic heterocycles. The number of carbonyl (C=O) groups is 1. The van der Waals surface area contributed by atoms with Crippen molar-refractivity contribution in [3.05, 3.63) is 68.6 Å². The Morgan fingerprint density at radius 2 is 1.82 bits per heavy atom. The van der Waals surface area contributed by atoms with Crippen molar-refractivity contribution in [1.82, 2.24) is 4.90 Å². The number of benzene rings is 2. The molecule has 7 heteroatoms. The standard InChI is InChI=1S/C26H29NO6/c1-15-6-7-19-18(11-25(29)33-26(19)16(15)2)14-27-9-8-17-10-22(30-3)23(31-4)12-20(17)21(27)13-24(28)32-5/h6-7,10-12,21H,8-9,13-14H2,1-5H3/t21-/m1/s1. The van der Waals surface area contributed by atoms with Crippen LogP contribution in [-0.4, -0.2) is 38.7 Å². The molecule has 0 bridgehead atoms. The highest BCUT2D eigenvalue weighted by molar-refractivity contribution is 5.84. The molecular formula is C26H29NO6. The predicted octanol–water partition coefficient (Wildman–Crippen LogP) is 4.09. The number of hydrogen-bond donors (Lipinski definition) is 0. The summed E-state index contributed by atoms with van der Waals surface area (Å²) >= 11 is 0. The van der Waals surface area contributed by atoms with Crippen molar-refractivity contribution in [2.24, 2.45) is 0 Å². The average molecular weight is 452 g/mol. The van der Waals surface area contributed by atoms with Crippen molar-refractivity contribution in [3.63, 3.8) is 0 Å². The van der Waals surface area contributed by atoms with Gasteiger partial charge in [0, 0.05) is 30.6 Å². The van der Waals surface area contributed by atoms with Gasteiger partial charge in [0.05, 0.1) is 27.8 Å². The van der Waals surface area contributed by atoms with Gasteiger partial charge in [-0.15, -0.1) is 0 Å². The zero-order chi connectivity index (χ0) is 23.7. The molecule has 33 heavy (non-hydrogen) atoms. The highest BCUT2D eigenvalue weighted by Crippen LogP contribution is 2.40.